The number of halogens is 2. The van der Waals surface area contributed by atoms with Crippen molar-refractivity contribution in [2.75, 3.05) is 19.6 Å². The molecule has 1 fully saturated rings. The molecule has 0 aromatic heterocycles. The molecule has 2 aromatic rings. The first-order valence-electron chi connectivity index (χ1n) is 8.83. The summed E-state index contributed by atoms with van der Waals surface area (Å²) in [6, 6.07) is 9.93. The summed E-state index contributed by atoms with van der Waals surface area (Å²) >= 11 is 0. The molecule has 1 N–H and O–H groups in total. The van der Waals surface area contributed by atoms with Gasteiger partial charge in [0, 0.05) is 30.8 Å². The summed E-state index contributed by atoms with van der Waals surface area (Å²) in [6.07, 6.45) is 1.85. The molecule has 1 amide bonds. The normalized spacial score (nSPS) is 16.5. The number of carbonyl (C=O) groups excluding carboxylic acids is 1. The third-order valence-electron chi connectivity index (χ3n) is 4.42. The van der Waals surface area contributed by atoms with Crippen LogP contribution < -0.4 is 10.1 Å². The number of amides is 1. The standard InChI is InChI=1S/C20H22F2N2O2/c1-2-11-24(16-9-10-23-13-16)20(25)14-3-6-17(7-4-14)26-19-8-5-15(21)12-18(19)22/h3-8,12,16,23H,2,9-11,13H2,1H3. The van der Waals surface area contributed by atoms with Crippen LogP contribution in [0, 0.1) is 11.6 Å². The molecule has 1 atom stereocenters. The summed E-state index contributed by atoms with van der Waals surface area (Å²) in [5.74, 6) is -1.12. The van der Waals surface area contributed by atoms with Crippen molar-refractivity contribution >= 4 is 5.91 Å². The summed E-state index contributed by atoms with van der Waals surface area (Å²) in [4.78, 5) is 14.8. The molecule has 0 bridgehead atoms. The second kappa shape index (κ2) is 8.27. The van der Waals surface area contributed by atoms with Gasteiger partial charge in [0.05, 0.1) is 0 Å². The molecule has 0 radical (unpaired) electrons. The van der Waals surface area contributed by atoms with Gasteiger partial charge in [0.1, 0.15) is 11.6 Å². The Morgan fingerprint density at radius 2 is 2.00 bits per heavy atom. The Bertz CT molecular complexity index is 759. The number of hydrogen-bond donors (Lipinski definition) is 1. The number of benzene rings is 2. The molecule has 1 aliphatic rings. The van der Waals surface area contributed by atoms with Gasteiger partial charge in [0.2, 0.25) is 0 Å². The van der Waals surface area contributed by atoms with E-state index in [1.807, 2.05) is 4.90 Å². The fourth-order valence-corrected chi connectivity index (χ4v) is 3.11. The predicted octanol–water partition coefficient (Wildman–Crippen LogP) is 3.97. The third-order valence-corrected chi connectivity index (χ3v) is 4.42. The molecule has 1 aliphatic heterocycles. The van der Waals surface area contributed by atoms with E-state index in [-0.39, 0.29) is 17.7 Å². The lowest BCUT2D eigenvalue weighted by Gasteiger charge is -2.28. The lowest BCUT2D eigenvalue weighted by molar-refractivity contribution is 0.0692. The molecule has 26 heavy (non-hydrogen) atoms. The fraction of sp³-hybridized carbons (Fsp3) is 0.350. The molecule has 1 unspecified atom stereocenters. The van der Waals surface area contributed by atoms with Gasteiger partial charge in [-0.1, -0.05) is 6.92 Å². The lowest BCUT2D eigenvalue weighted by atomic mass is 10.1. The molecule has 2 aromatic carbocycles. The van der Waals surface area contributed by atoms with Crippen molar-refractivity contribution in [1.29, 1.82) is 0 Å². The molecule has 3 rings (SSSR count). The fourth-order valence-electron chi connectivity index (χ4n) is 3.11. The van der Waals surface area contributed by atoms with E-state index in [1.165, 1.54) is 6.07 Å². The van der Waals surface area contributed by atoms with Crippen LogP contribution in [0.2, 0.25) is 0 Å². The predicted molar refractivity (Wildman–Crippen MR) is 95.5 cm³/mol. The SMILES string of the molecule is CCCN(C(=O)c1ccc(Oc2ccc(F)cc2F)cc1)C1CCNC1. The minimum absolute atomic E-state index is 0.0138. The summed E-state index contributed by atoms with van der Waals surface area (Å²) in [5.41, 5.74) is 0.567. The molecule has 1 saturated heterocycles. The van der Waals surface area contributed by atoms with Gasteiger partial charge in [0.15, 0.2) is 11.6 Å². The first kappa shape index (κ1) is 18.3. The zero-order chi connectivity index (χ0) is 18.5. The highest BCUT2D eigenvalue weighted by molar-refractivity contribution is 5.94. The molecule has 0 aliphatic carbocycles. The highest BCUT2D eigenvalue weighted by Crippen LogP contribution is 2.25. The lowest BCUT2D eigenvalue weighted by Crippen LogP contribution is -2.42. The molecular formula is C20H22F2N2O2. The number of hydrogen-bond acceptors (Lipinski definition) is 3. The van der Waals surface area contributed by atoms with Crippen LogP contribution in [0.3, 0.4) is 0 Å². The number of carbonyl (C=O) groups is 1. The molecule has 4 nitrogen and oxygen atoms in total. The maximum atomic E-state index is 13.7. The highest BCUT2D eigenvalue weighted by Gasteiger charge is 2.26. The van der Waals surface area contributed by atoms with Gasteiger partial charge in [-0.25, -0.2) is 8.78 Å². The molecule has 0 spiro atoms. The van der Waals surface area contributed by atoms with Gasteiger partial charge in [0.25, 0.3) is 5.91 Å². The van der Waals surface area contributed by atoms with E-state index in [0.29, 0.717) is 17.9 Å². The van der Waals surface area contributed by atoms with Crippen LogP contribution >= 0.6 is 0 Å². The Morgan fingerprint density at radius 1 is 1.23 bits per heavy atom. The summed E-state index contributed by atoms with van der Waals surface area (Å²) in [6.45, 7) is 4.51. The van der Waals surface area contributed by atoms with Gasteiger partial charge in [-0.15, -0.1) is 0 Å². The van der Waals surface area contributed by atoms with E-state index in [2.05, 4.69) is 12.2 Å². The van der Waals surface area contributed by atoms with E-state index < -0.39 is 11.6 Å². The van der Waals surface area contributed by atoms with Crippen LogP contribution in [-0.4, -0.2) is 36.5 Å². The van der Waals surface area contributed by atoms with Crippen LogP contribution in [-0.2, 0) is 0 Å². The topological polar surface area (TPSA) is 41.6 Å². The monoisotopic (exact) mass is 360 g/mol. The maximum absolute atomic E-state index is 13.7. The van der Waals surface area contributed by atoms with Crippen molar-refractivity contribution in [1.82, 2.24) is 10.2 Å². The van der Waals surface area contributed by atoms with Crippen molar-refractivity contribution in [3.63, 3.8) is 0 Å². The number of rotatable bonds is 6. The quantitative estimate of drug-likeness (QED) is 0.847. The van der Waals surface area contributed by atoms with Crippen LogP contribution in [0.15, 0.2) is 42.5 Å². The van der Waals surface area contributed by atoms with Gasteiger partial charge in [-0.3, -0.25) is 4.79 Å². The Kier molecular flexibility index (Phi) is 5.83. The summed E-state index contributed by atoms with van der Waals surface area (Å²) < 4.78 is 32.1. The van der Waals surface area contributed by atoms with Gasteiger partial charge < -0.3 is 15.0 Å². The first-order chi connectivity index (χ1) is 12.6. The molecular weight excluding hydrogens is 338 g/mol. The Morgan fingerprint density at radius 3 is 2.62 bits per heavy atom. The Hall–Kier alpha value is -2.47. The minimum atomic E-state index is -0.770. The maximum Gasteiger partial charge on any atom is 0.254 e. The zero-order valence-corrected chi connectivity index (χ0v) is 14.7. The number of nitrogens with zero attached hydrogens (tertiary/aromatic N) is 1. The Labute approximate surface area is 151 Å². The van der Waals surface area contributed by atoms with Gasteiger partial charge >= 0.3 is 0 Å². The van der Waals surface area contributed by atoms with Gasteiger partial charge in [-0.2, -0.15) is 0 Å². The van der Waals surface area contributed by atoms with Crippen LogP contribution in [0.4, 0.5) is 8.78 Å². The van der Waals surface area contributed by atoms with Crippen molar-refractivity contribution in [2.45, 2.75) is 25.8 Å². The average molecular weight is 360 g/mol. The van der Waals surface area contributed by atoms with E-state index in [0.717, 1.165) is 38.1 Å². The average Bonchev–Trinajstić information content (AvgIpc) is 3.16. The smallest absolute Gasteiger partial charge is 0.254 e. The van der Waals surface area contributed by atoms with Crippen LogP contribution in [0.25, 0.3) is 0 Å². The van der Waals surface area contributed by atoms with Crippen molar-refractivity contribution in [2.24, 2.45) is 0 Å². The van der Waals surface area contributed by atoms with E-state index in [9.17, 15) is 13.6 Å². The van der Waals surface area contributed by atoms with E-state index >= 15 is 0 Å². The van der Waals surface area contributed by atoms with E-state index in [1.54, 1.807) is 24.3 Å². The molecule has 0 saturated carbocycles. The van der Waals surface area contributed by atoms with E-state index in [4.69, 9.17) is 4.74 Å². The number of nitrogens with one attached hydrogen (secondary N) is 1. The summed E-state index contributed by atoms with van der Waals surface area (Å²) in [5, 5.41) is 3.29. The first-order valence-corrected chi connectivity index (χ1v) is 8.83. The van der Waals surface area contributed by atoms with Crippen LogP contribution in [0.1, 0.15) is 30.1 Å². The number of ether oxygens (including phenoxy) is 1. The molecule has 138 valence electrons. The third kappa shape index (κ3) is 4.19. The van der Waals surface area contributed by atoms with Crippen molar-refractivity contribution < 1.29 is 18.3 Å². The van der Waals surface area contributed by atoms with Crippen molar-refractivity contribution in [3.8, 4) is 11.5 Å². The van der Waals surface area contributed by atoms with Gasteiger partial charge in [-0.05, 0) is 55.8 Å². The second-order valence-corrected chi connectivity index (χ2v) is 6.35. The largest absolute Gasteiger partial charge is 0.454 e. The minimum Gasteiger partial charge on any atom is -0.454 e. The molecule has 1 heterocycles. The summed E-state index contributed by atoms with van der Waals surface area (Å²) in [7, 11) is 0. The second-order valence-electron chi connectivity index (χ2n) is 6.35. The van der Waals surface area contributed by atoms with Crippen molar-refractivity contribution in [3.05, 3.63) is 59.7 Å². The zero-order valence-electron chi connectivity index (χ0n) is 14.7. The van der Waals surface area contributed by atoms with Crippen LogP contribution in [0.5, 0.6) is 11.5 Å². The Balaban J connectivity index is 1.72. The molecule has 6 heteroatoms. The highest BCUT2D eigenvalue weighted by atomic mass is 19.1.